The second-order valence-corrected chi connectivity index (χ2v) is 25.2. The first-order valence-electron chi connectivity index (χ1n) is 31.8. The zero-order chi connectivity index (χ0) is 65.5. The summed E-state index contributed by atoms with van der Waals surface area (Å²) in [7, 11) is 0. The number of ether oxygens (including phenoxy) is 7. The number of likely N-dealkylation sites (tertiary alicyclic amines) is 2. The fourth-order valence-corrected chi connectivity index (χ4v) is 13.3. The Morgan fingerprint density at radius 3 is 2.23 bits per heavy atom. The van der Waals surface area contributed by atoms with Crippen molar-refractivity contribution in [2.24, 2.45) is 5.92 Å². The molecular formula is C68H83ClFN9O13S. The summed E-state index contributed by atoms with van der Waals surface area (Å²) in [5, 5.41) is 30.3. The number of phenolic OH excluding ortho intramolecular Hbond substituents is 1. The number of nitrogens with one attached hydrogen (secondary N) is 1. The number of rotatable bonds is 31. The summed E-state index contributed by atoms with van der Waals surface area (Å²) in [6.45, 7) is 21.0. The Labute approximate surface area is 549 Å². The summed E-state index contributed by atoms with van der Waals surface area (Å²) >= 11 is 8.47. The third-order valence-corrected chi connectivity index (χ3v) is 18.1. The minimum Gasteiger partial charge on any atom is -0.508 e. The van der Waals surface area contributed by atoms with E-state index in [0.717, 1.165) is 58.4 Å². The highest BCUT2D eigenvalue weighted by atomic mass is 35.5. The number of aliphatic hydroxyl groups excluding tert-OH is 1. The second-order valence-electron chi connectivity index (χ2n) is 23.9. The molecule has 3 amide bonds. The topological polar surface area (TPSA) is 246 Å². The molecule has 22 nitrogen and oxygen atoms in total. The molecule has 3 aromatic heterocycles. The molecule has 10 rings (SSSR count). The molecule has 0 unspecified atom stereocenters. The molecule has 3 aliphatic rings. The van der Waals surface area contributed by atoms with Crippen LogP contribution in [0.25, 0.3) is 43.2 Å². The number of fused-ring (bicyclic) bond motifs is 2. The van der Waals surface area contributed by atoms with E-state index in [1.807, 2.05) is 75.1 Å². The number of thiazole rings is 1. The Hall–Kier alpha value is -7.39. The predicted octanol–water partition coefficient (Wildman–Crippen LogP) is 8.92. The first-order chi connectivity index (χ1) is 45.0. The van der Waals surface area contributed by atoms with Gasteiger partial charge in [-0.25, -0.2) is 9.37 Å². The van der Waals surface area contributed by atoms with Gasteiger partial charge in [0.15, 0.2) is 5.82 Å². The van der Waals surface area contributed by atoms with Crippen LogP contribution in [-0.4, -0.2) is 206 Å². The molecule has 3 fully saturated rings. The molecule has 3 saturated heterocycles. The molecule has 3 N–H and O–H groups in total. The molecule has 0 radical (unpaired) electrons. The lowest BCUT2D eigenvalue weighted by Gasteiger charge is -2.35. The average molecular weight is 1320 g/mol. The molecule has 6 heterocycles. The molecule has 93 heavy (non-hydrogen) atoms. The third kappa shape index (κ3) is 17.5. The summed E-state index contributed by atoms with van der Waals surface area (Å²) in [6, 6.07) is 18.9. The number of carbonyl (C=O) groups excluding carboxylic acids is 3. The van der Waals surface area contributed by atoms with Crippen LogP contribution in [0.5, 0.6) is 17.5 Å². The molecule has 0 bridgehead atoms. The Balaban J connectivity index is 0.601. The maximum absolute atomic E-state index is 17.1. The number of carbonyl (C=O) groups is 3. The SMILES string of the molecule is C=CC(=O)N1CCN(c2nc(O[C@H](C)CN3CCC(OCCOCCOCCOCCOCCOc4cc(-c5scnc5C)ccc4CNC(=O)[C@@H]4C[C@@H](O)CN4C(=O)[C@@H](c4cc(C)no4)C(C)C)CC3)nc3c(F)c(-c4cc(O)cc5ccccc45)c(Cl)cc23)CC1. The Morgan fingerprint density at radius 1 is 0.860 bits per heavy atom. The van der Waals surface area contributed by atoms with Crippen molar-refractivity contribution in [3.8, 4) is 39.1 Å². The molecule has 4 atom stereocenters. The smallest absolute Gasteiger partial charge is 0.319 e. The highest BCUT2D eigenvalue weighted by Gasteiger charge is 2.43. The van der Waals surface area contributed by atoms with Crippen molar-refractivity contribution in [2.75, 3.05) is 123 Å². The fraction of sp³-hybridized carbons (Fsp3) is 0.485. The summed E-state index contributed by atoms with van der Waals surface area (Å²) in [4.78, 5) is 62.6. The van der Waals surface area contributed by atoms with Crippen molar-refractivity contribution in [3.05, 3.63) is 118 Å². The number of amides is 3. The van der Waals surface area contributed by atoms with Crippen LogP contribution in [0.3, 0.4) is 0 Å². The molecule has 7 aromatic rings. The molecule has 0 saturated carbocycles. The van der Waals surface area contributed by atoms with Crippen LogP contribution < -0.4 is 19.7 Å². The second kappa shape index (κ2) is 32.6. The number of β-amino-alcohol motifs (C(OH)–C–C–N with tert-alkyl or cyclic N) is 1. The molecule has 4 aromatic carbocycles. The maximum atomic E-state index is 17.1. The number of nitrogens with zero attached hydrogens (tertiary/aromatic N) is 8. The van der Waals surface area contributed by atoms with Crippen LogP contribution in [0.1, 0.15) is 68.7 Å². The minimum absolute atomic E-state index is 0.0195. The molecular weight excluding hydrogens is 1240 g/mol. The predicted molar refractivity (Wildman–Crippen MR) is 351 cm³/mol. The first-order valence-corrected chi connectivity index (χ1v) is 33.0. The average Bonchev–Trinajstić information content (AvgIpc) is 1.38. The lowest BCUT2D eigenvalue weighted by Crippen LogP contribution is -2.48. The normalized spacial score (nSPS) is 17.2. The van der Waals surface area contributed by atoms with E-state index in [1.165, 1.54) is 28.4 Å². The van der Waals surface area contributed by atoms with Gasteiger partial charge in [0.1, 0.15) is 53.3 Å². The standard InChI is InChI=1S/C68H83ClFN9O13S/c1-7-59(82)77-18-20-78(21-19-77)65-54-37-55(69)61(53-35-49(80)33-46-10-8-9-11-52(46)53)62(70)63(54)73-68(74-65)91-44(5)39-76-16-14-51(15-17-76)89-30-28-87-26-24-85-22-23-86-25-27-88-29-31-90-57-34-47(64-45(6)72-41-93-64)12-13-48(57)38-71-66(83)56-36-50(81)40-79(56)67(84)60(42(2)3)58-32-43(4)75-92-58/h7-13,32-35,37,41-42,44,50-51,56,60,80-81H,1,14-31,36,38-40H2,2-6H3,(H,71,83)/t44-,50-,56+,60-/m1/s1. The number of halogens is 2. The van der Waals surface area contributed by atoms with E-state index < -0.39 is 23.9 Å². The fourth-order valence-electron chi connectivity index (χ4n) is 12.2. The van der Waals surface area contributed by atoms with Crippen molar-refractivity contribution >= 4 is 68.2 Å². The van der Waals surface area contributed by atoms with Crippen molar-refractivity contribution in [2.45, 2.75) is 90.7 Å². The van der Waals surface area contributed by atoms with E-state index in [4.69, 9.17) is 54.3 Å². The Bertz CT molecular complexity index is 3690. The van der Waals surface area contributed by atoms with Gasteiger partial charge in [0.05, 0.1) is 98.5 Å². The quantitative estimate of drug-likeness (QED) is 0.0271. The molecule has 0 aliphatic carbocycles. The maximum Gasteiger partial charge on any atom is 0.319 e. The summed E-state index contributed by atoms with van der Waals surface area (Å²) < 4.78 is 64.5. The van der Waals surface area contributed by atoms with Crippen molar-refractivity contribution in [1.82, 2.24) is 40.1 Å². The molecule has 3 aliphatic heterocycles. The van der Waals surface area contributed by atoms with Gasteiger partial charge in [-0.2, -0.15) is 9.97 Å². The number of aromatic hydroxyl groups is 1. The summed E-state index contributed by atoms with van der Waals surface area (Å²) in [5.41, 5.74) is 5.58. The van der Waals surface area contributed by atoms with Gasteiger partial charge >= 0.3 is 6.01 Å². The summed E-state index contributed by atoms with van der Waals surface area (Å²) in [5.74, 6) is -0.841. The number of anilines is 1. The van der Waals surface area contributed by atoms with Crippen molar-refractivity contribution < 1.29 is 66.7 Å². The van der Waals surface area contributed by atoms with Crippen LogP contribution in [0, 0.1) is 25.6 Å². The van der Waals surface area contributed by atoms with Crippen LogP contribution in [-0.2, 0) is 44.6 Å². The molecule has 0 spiro atoms. The Kier molecular flexibility index (Phi) is 24.0. The van der Waals surface area contributed by atoms with Crippen molar-refractivity contribution in [1.29, 1.82) is 0 Å². The lowest BCUT2D eigenvalue weighted by atomic mass is 9.91. The zero-order valence-corrected chi connectivity index (χ0v) is 54.9. The van der Waals surface area contributed by atoms with E-state index in [2.05, 4.69) is 31.9 Å². The summed E-state index contributed by atoms with van der Waals surface area (Å²) in [6.07, 6.45) is 1.98. The van der Waals surface area contributed by atoms with Gasteiger partial charge in [0, 0.05) is 87.9 Å². The van der Waals surface area contributed by atoms with E-state index in [1.54, 1.807) is 35.5 Å². The lowest BCUT2D eigenvalue weighted by molar-refractivity contribution is -0.141. The van der Waals surface area contributed by atoms with Crippen LogP contribution >= 0.6 is 22.9 Å². The first kappa shape index (κ1) is 68.5. The number of aromatic nitrogens is 4. The van der Waals surface area contributed by atoms with E-state index in [0.29, 0.717) is 126 Å². The molecule has 498 valence electrons. The number of aliphatic hydroxyl groups is 1. The van der Waals surface area contributed by atoms with Gasteiger partial charge in [0.25, 0.3) is 0 Å². The van der Waals surface area contributed by atoms with Gasteiger partial charge in [-0.15, -0.1) is 11.3 Å². The third-order valence-electron chi connectivity index (χ3n) is 16.8. The van der Waals surface area contributed by atoms with Crippen molar-refractivity contribution in [3.63, 3.8) is 0 Å². The number of hydrogen-bond donors (Lipinski definition) is 3. The Morgan fingerprint density at radius 2 is 1.56 bits per heavy atom. The van der Waals surface area contributed by atoms with Gasteiger partial charge in [-0.3, -0.25) is 19.3 Å². The van der Waals surface area contributed by atoms with Gasteiger partial charge in [-0.1, -0.05) is 73.6 Å². The number of piperidine rings is 1. The molecule has 25 heteroatoms. The monoisotopic (exact) mass is 1320 g/mol. The number of hydrogen-bond acceptors (Lipinski definition) is 20. The van der Waals surface area contributed by atoms with E-state index in [-0.39, 0.29) is 89.8 Å². The number of aryl methyl sites for hydroxylation is 2. The van der Waals surface area contributed by atoms with Crippen LogP contribution in [0.15, 0.2) is 89.4 Å². The highest BCUT2D eigenvalue weighted by Crippen LogP contribution is 2.43. The van der Waals surface area contributed by atoms with Crippen LogP contribution in [0.4, 0.5) is 10.2 Å². The van der Waals surface area contributed by atoms with Gasteiger partial charge < -0.3 is 67.9 Å². The van der Waals surface area contributed by atoms with E-state index >= 15 is 4.39 Å². The number of piperazine rings is 1. The number of benzene rings is 4. The van der Waals surface area contributed by atoms with E-state index in [9.17, 15) is 24.6 Å². The number of phenols is 1. The largest absolute Gasteiger partial charge is 0.508 e. The highest BCUT2D eigenvalue weighted by molar-refractivity contribution is 7.13. The van der Waals surface area contributed by atoms with Gasteiger partial charge in [0.2, 0.25) is 17.7 Å². The van der Waals surface area contributed by atoms with Crippen LogP contribution in [0.2, 0.25) is 5.02 Å². The minimum atomic E-state index is -0.863. The van der Waals surface area contributed by atoms with Gasteiger partial charge in [-0.05, 0) is 91.8 Å². The zero-order valence-electron chi connectivity index (χ0n) is 53.4.